The van der Waals surface area contributed by atoms with E-state index < -0.39 is 11.9 Å². The lowest BCUT2D eigenvalue weighted by atomic mass is 9.98. The molecule has 0 fully saturated rings. The van der Waals surface area contributed by atoms with Crippen LogP contribution in [0.2, 0.25) is 0 Å². The fourth-order valence-corrected chi connectivity index (χ4v) is 2.00. The smallest absolute Gasteiger partial charge is 0.336 e. The Morgan fingerprint density at radius 2 is 1.67 bits per heavy atom. The second-order valence-corrected chi connectivity index (χ2v) is 4.30. The summed E-state index contributed by atoms with van der Waals surface area (Å²) in [5.74, 6) is -2.20. The Morgan fingerprint density at radius 1 is 1.13 bits per heavy atom. The van der Waals surface area contributed by atoms with Crippen molar-refractivity contribution in [3.05, 3.63) is 31.9 Å². The Bertz CT molecular complexity index is 451. The highest BCUT2D eigenvalue weighted by atomic mass is 127. The average molecular weight is 320 g/mol. The van der Waals surface area contributed by atoms with Gasteiger partial charge in [0.2, 0.25) is 0 Å². The van der Waals surface area contributed by atoms with E-state index in [0.717, 1.165) is 0 Å². The zero-order valence-corrected chi connectivity index (χ0v) is 10.3. The Balaban J connectivity index is 3.63. The number of aromatic carboxylic acids is 2. The number of carboxylic acids is 2. The lowest BCUT2D eigenvalue weighted by Crippen LogP contribution is -2.10. The molecule has 0 aromatic heterocycles. The highest BCUT2D eigenvalue weighted by Gasteiger charge is 2.19. The van der Waals surface area contributed by atoms with Crippen LogP contribution in [0.25, 0.3) is 0 Å². The zero-order chi connectivity index (χ0) is 11.7. The van der Waals surface area contributed by atoms with Gasteiger partial charge in [-0.05, 0) is 53.6 Å². The van der Waals surface area contributed by atoms with Crippen LogP contribution >= 0.6 is 22.6 Å². The fraction of sp³-hybridized carbons (Fsp3) is 0.200. The maximum Gasteiger partial charge on any atom is 0.336 e. The van der Waals surface area contributed by atoms with E-state index in [0.29, 0.717) is 14.7 Å². The maximum absolute atomic E-state index is 11.0. The molecule has 0 aliphatic carbocycles. The van der Waals surface area contributed by atoms with Gasteiger partial charge in [0.25, 0.3) is 0 Å². The first-order valence-electron chi connectivity index (χ1n) is 4.12. The van der Waals surface area contributed by atoms with Gasteiger partial charge in [-0.25, -0.2) is 9.59 Å². The minimum atomic E-state index is -1.10. The summed E-state index contributed by atoms with van der Waals surface area (Å²) >= 11 is 1.93. The van der Waals surface area contributed by atoms with Crippen molar-refractivity contribution < 1.29 is 19.8 Å². The van der Waals surface area contributed by atoms with Crippen LogP contribution < -0.4 is 0 Å². The molecule has 0 spiro atoms. The van der Waals surface area contributed by atoms with Crippen LogP contribution in [-0.2, 0) is 0 Å². The summed E-state index contributed by atoms with van der Waals surface area (Å²) in [6.07, 6.45) is 0. The number of benzene rings is 1. The van der Waals surface area contributed by atoms with Crippen molar-refractivity contribution in [1.82, 2.24) is 0 Å². The van der Waals surface area contributed by atoms with Crippen molar-refractivity contribution >= 4 is 34.5 Å². The van der Waals surface area contributed by atoms with Gasteiger partial charge in [-0.2, -0.15) is 0 Å². The Morgan fingerprint density at radius 3 is 2.07 bits per heavy atom. The molecular weight excluding hydrogens is 311 g/mol. The molecule has 0 aliphatic heterocycles. The van der Waals surface area contributed by atoms with E-state index in [2.05, 4.69) is 0 Å². The first-order valence-corrected chi connectivity index (χ1v) is 5.20. The molecule has 0 saturated carbocycles. The average Bonchev–Trinajstić information content (AvgIpc) is 2.10. The number of carbonyl (C=O) groups is 2. The highest BCUT2D eigenvalue weighted by Crippen LogP contribution is 2.23. The quantitative estimate of drug-likeness (QED) is 0.820. The van der Waals surface area contributed by atoms with Gasteiger partial charge in [-0.3, -0.25) is 0 Å². The predicted octanol–water partition coefficient (Wildman–Crippen LogP) is 2.30. The third kappa shape index (κ3) is 2.11. The van der Waals surface area contributed by atoms with Crippen molar-refractivity contribution in [2.45, 2.75) is 13.8 Å². The second-order valence-electron chi connectivity index (χ2n) is 3.14. The van der Waals surface area contributed by atoms with Crippen LogP contribution in [0.1, 0.15) is 31.8 Å². The predicted molar refractivity (Wildman–Crippen MR) is 62.6 cm³/mol. The summed E-state index contributed by atoms with van der Waals surface area (Å²) in [5, 5.41) is 17.9. The van der Waals surface area contributed by atoms with Gasteiger partial charge in [0, 0.05) is 3.57 Å². The second kappa shape index (κ2) is 4.18. The van der Waals surface area contributed by atoms with Crippen molar-refractivity contribution in [1.29, 1.82) is 0 Å². The normalized spacial score (nSPS) is 10.1. The molecule has 0 heterocycles. The molecule has 0 saturated heterocycles. The molecule has 5 heteroatoms. The molecule has 0 unspecified atom stereocenters. The summed E-state index contributed by atoms with van der Waals surface area (Å²) in [4.78, 5) is 21.8. The summed E-state index contributed by atoms with van der Waals surface area (Å²) in [5.41, 5.74) is 1.03. The van der Waals surface area contributed by atoms with Gasteiger partial charge in [0.1, 0.15) is 0 Å². The molecule has 0 bridgehead atoms. The van der Waals surface area contributed by atoms with Gasteiger partial charge in [0.15, 0.2) is 0 Å². The number of hydrogen-bond acceptors (Lipinski definition) is 2. The summed E-state index contributed by atoms with van der Waals surface area (Å²) in [7, 11) is 0. The molecule has 0 aliphatic rings. The fourth-order valence-electron chi connectivity index (χ4n) is 1.42. The van der Waals surface area contributed by atoms with Crippen molar-refractivity contribution in [3.63, 3.8) is 0 Å². The first-order chi connectivity index (χ1) is 6.86. The minimum Gasteiger partial charge on any atom is -0.478 e. The van der Waals surface area contributed by atoms with E-state index in [4.69, 9.17) is 10.2 Å². The van der Waals surface area contributed by atoms with Crippen LogP contribution in [0.5, 0.6) is 0 Å². The van der Waals surface area contributed by atoms with Gasteiger partial charge < -0.3 is 10.2 Å². The van der Waals surface area contributed by atoms with Gasteiger partial charge in [0.05, 0.1) is 11.1 Å². The molecule has 1 aromatic rings. The molecular formula is C10H9IO4. The van der Waals surface area contributed by atoms with Crippen molar-refractivity contribution in [2.24, 2.45) is 0 Å². The first kappa shape index (κ1) is 12.0. The largest absolute Gasteiger partial charge is 0.478 e. The number of hydrogen-bond donors (Lipinski definition) is 2. The molecule has 1 aromatic carbocycles. The topological polar surface area (TPSA) is 74.6 Å². The van der Waals surface area contributed by atoms with Crippen molar-refractivity contribution in [2.75, 3.05) is 0 Å². The highest BCUT2D eigenvalue weighted by molar-refractivity contribution is 14.1. The lowest BCUT2D eigenvalue weighted by Gasteiger charge is -2.10. The molecule has 2 N–H and O–H groups in total. The van der Waals surface area contributed by atoms with E-state index in [1.807, 2.05) is 22.6 Å². The third-order valence-corrected chi connectivity index (χ3v) is 3.35. The molecule has 0 amide bonds. The Hall–Kier alpha value is -1.11. The maximum atomic E-state index is 11.0. The van der Waals surface area contributed by atoms with Gasteiger partial charge >= 0.3 is 11.9 Å². The van der Waals surface area contributed by atoms with Crippen LogP contribution in [0.4, 0.5) is 0 Å². The van der Waals surface area contributed by atoms with E-state index in [1.165, 1.54) is 13.0 Å². The third-order valence-electron chi connectivity index (χ3n) is 2.23. The number of halogens is 1. The lowest BCUT2D eigenvalue weighted by molar-refractivity contribution is 0.0695. The van der Waals surface area contributed by atoms with E-state index in [9.17, 15) is 9.59 Å². The molecule has 0 radical (unpaired) electrons. The van der Waals surface area contributed by atoms with Crippen LogP contribution in [0.15, 0.2) is 6.07 Å². The van der Waals surface area contributed by atoms with Crippen LogP contribution in [0.3, 0.4) is 0 Å². The van der Waals surface area contributed by atoms with E-state index >= 15 is 0 Å². The van der Waals surface area contributed by atoms with Crippen LogP contribution in [0, 0.1) is 17.4 Å². The van der Waals surface area contributed by atoms with Crippen molar-refractivity contribution in [3.8, 4) is 0 Å². The minimum absolute atomic E-state index is 0.0439. The van der Waals surface area contributed by atoms with Crippen LogP contribution in [-0.4, -0.2) is 22.2 Å². The van der Waals surface area contributed by atoms with E-state index in [1.54, 1.807) is 6.92 Å². The van der Waals surface area contributed by atoms with Gasteiger partial charge in [-0.15, -0.1) is 0 Å². The molecule has 15 heavy (non-hydrogen) atoms. The number of carboxylic acid groups (broad SMARTS) is 2. The zero-order valence-electron chi connectivity index (χ0n) is 8.17. The molecule has 1 rings (SSSR count). The monoisotopic (exact) mass is 320 g/mol. The molecule has 0 atom stereocenters. The summed E-state index contributed by atoms with van der Waals surface area (Å²) in [6, 6.07) is 1.49. The standard InChI is InChI=1S/C10H9IO4/c1-4-6(9(12)13)3-7(11)5(2)8(4)10(14)15/h3H,1-2H3,(H,12,13)(H,14,15). The SMILES string of the molecule is Cc1c(I)cc(C(=O)O)c(C)c1C(=O)O. The Labute approximate surface area is 100 Å². The summed E-state index contributed by atoms with van der Waals surface area (Å²) in [6.45, 7) is 3.18. The number of rotatable bonds is 2. The van der Waals surface area contributed by atoms with Gasteiger partial charge in [-0.1, -0.05) is 0 Å². The summed E-state index contributed by atoms with van der Waals surface area (Å²) < 4.78 is 0.646. The molecule has 4 nitrogen and oxygen atoms in total. The van der Waals surface area contributed by atoms with E-state index in [-0.39, 0.29) is 11.1 Å². The Kier molecular flexibility index (Phi) is 3.33. The molecule has 80 valence electrons.